The zero-order valence-corrected chi connectivity index (χ0v) is 11.1. The third kappa shape index (κ3) is 2.37. The Balaban J connectivity index is 1.84. The largest absolute Gasteiger partial charge is 0.345 e. The van der Waals surface area contributed by atoms with Gasteiger partial charge >= 0.3 is 0 Å². The van der Waals surface area contributed by atoms with Crippen LogP contribution in [0.5, 0.6) is 0 Å². The van der Waals surface area contributed by atoms with Gasteiger partial charge in [0.25, 0.3) is 0 Å². The van der Waals surface area contributed by atoms with E-state index in [1.807, 2.05) is 18.2 Å². The molecule has 1 aromatic heterocycles. The fourth-order valence-electron chi connectivity index (χ4n) is 1.78. The molecular weight excluding hydrogens is 264 g/mol. The van der Waals surface area contributed by atoms with E-state index in [0.717, 1.165) is 26.7 Å². The molecule has 0 spiro atoms. The van der Waals surface area contributed by atoms with Gasteiger partial charge in [-0.2, -0.15) is 0 Å². The third-order valence-electron chi connectivity index (χ3n) is 2.71. The Morgan fingerprint density at radius 1 is 1.17 bits per heavy atom. The van der Waals surface area contributed by atoms with Gasteiger partial charge in [-0.25, -0.2) is 4.98 Å². The summed E-state index contributed by atoms with van der Waals surface area (Å²) in [4.78, 5) is 8.37. The molecule has 1 heterocycles. The predicted octanol–water partition coefficient (Wildman–Crippen LogP) is 4.51. The summed E-state index contributed by atoms with van der Waals surface area (Å²) in [6, 6.07) is 14.3. The van der Waals surface area contributed by atoms with Crippen LogP contribution in [0.3, 0.4) is 0 Å². The summed E-state index contributed by atoms with van der Waals surface area (Å²) >= 11 is 7.99. The van der Waals surface area contributed by atoms with Crippen LogP contribution in [0.1, 0.15) is 5.56 Å². The molecule has 0 unspecified atom stereocenters. The molecule has 0 radical (unpaired) electrons. The number of rotatable bonds is 3. The van der Waals surface area contributed by atoms with E-state index in [4.69, 9.17) is 11.6 Å². The Bertz CT molecular complexity index is 664. The van der Waals surface area contributed by atoms with E-state index in [9.17, 15) is 0 Å². The SMILES string of the molecule is Clc1cc2[nH]cnc2cc1SCc1ccccc1. The highest BCUT2D eigenvalue weighted by Gasteiger charge is 2.05. The van der Waals surface area contributed by atoms with Crippen LogP contribution in [0.4, 0.5) is 0 Å². The quantitative estimate of drug-likeness (QED) is 0.712. The lowest BCUT2D eigenvalue weighted by molar-refractivity contribution is 1.34. The molecule has 18 heavy (non-hydrogen) atoms. The van der Waals surface area contributed by atoms with Gasteiger partial charge in [0.05, 0.1) is 22.4 Å². The lowest BCUT2D eigenvalue weighted by Gasteiger charge is -2.04. The van der Waals surface area contributed by atoms with E-state index in [1.165, 1.54) is 5.56 Å². The number of thioether (sulfide) groups is 1. The van der Waals surface area contributed by atoms with Gasteiger partial charge in [-0.3, -0.25) is 0 Å². The topological polar surface area (TPSA) is 28.7 Å². The molecule has 0 aliphatic heterocycles. The minimum Gasteiger partial charge on any atom is -0.345 e. The third-order valence-corrected chi connectivity index (χ3v) is 4.26. The monoisotopic (exact) mass is 274 g/mol. The highest BCUT2D eigenvalue weighted by atomic mass is 35.5. The molecule has 1 N–H and O–H groups in total. The summed E-state index contributed by atoms with van der Waals surface area (Å²) in [6.45, 7) is 0. The molecule has 0 amide bonds. The molecule has 2 aromatic carbocycles. The first kappa shape index (κ1) is 11.6. The first-order valence-electron chi connectivity index (χ1n) is 5.62. The van der Waals surface area contributed by atoms with Crippen LogP contribution in [0, 0.1) is 0 Å². The maximum absolute atomic E-state index is 6.26. The smallest absolute Gasteiger partial charge is 0.0931 e. The minimum absolute atomic E-state index is 0.771. The molecule has 0 atom stereocenters. The number of aromatic nitrogens is 2. The maximum atomic E-state index is 6.26. The van der Waals surface area contributed by atoms with Crippen LogP contribution in [0.25, 0.3) is 11.0 Å². The van der Waals surface area contributed by atoms with Crippen molar-refractivity contribution in [1.82, 2.24) is 9.97 Å². The fourth-order valence-corrected chi connectivity index (χ4v) is 3.02. The molecule has 0 bridgehead atoms. The highest BCUT2D eigenvalue weighted by Crippen LogP contribution is 2.32. The average molecular weight is 275 g/mol. The van der Waals surface area contributed by atoms with E-state index in [2.05, 4.69) is 34.2 Å². The second kappa shape index (κ2) is 5.04. The van der Waals surface area contributed by atoms with Crippen LogP contribution < -0.4 is 0 Å². The number of hydrogen-bond donors (Lipinski definition) is 1. The average Bonchev–Trinajstić information content (AvgIpc) is 2.84. The van der Waals surface area contributed by atoms with Crippen molar-refractivity contribution in [2.24, 2.45) is 0 Å². The highest BCUT2D eigenvalue weighted by molar-refractivity contribution is 7.98. The number of halogens is 1. The molecule has 0 aliphatic carbocycles. The van der Waals surface area contributed by atoms with E-state index >= 15 is 0 Å². The predicted molar refractivity (Wildman–Crippen MR) is 77.1 cm³/mol. The normalized spacial score (nSPS) is 10.9. The Morgan fingerprint density at radius 3 is 2.83 bits per heavy atom. The summed E-state index contributed by atoms with van der Waals surface area (Å²) < 4.78 is 0. The van der Waals surface area contributed by atoms with Gasteiger partial charge < -0.3 is 4.98 Å². The summed E-state index contributed by atoms with van der Waals surface area (Å²) in [7, 11) is 0. The minimum atomic E-state index is 0.771. The number of hydrogen-bond acceptors (Lipinski definition) is 2. The Kier molecular flexibility index (Phi) is 3.26. The van der Waals surface area contributed by atoms with Crippen molar-refractivity contribution in [2.45, 2.75) is 10.6 Å². The van der Waals surface area contributed by atoms with Crippen molar-refractivity contribution in [2.75, 3.05) is 0 Å². The second-order valence-corrected chi connectivity index (χ2v) is 5.40. The molecule has 2 nitrogen and oxygen atoms in total. The van der Waals surface area contributed by atoms with E-state index < -0.39 is 0 Å². The maximum Gasteiger partial charge on any atom is 0.0931 e. The number of imidazole rings is 1. The molecule has 0 saturated heterocycles. The summed E-state index contributed by atoms with van der Waals surface area (Å²) in [6.07, 6.45) is 1.69. The zero-order valence-electron chi connectivity index (χ0n) is 9.56. The standard InChI is InChI=1S/C14H11ClN2S/c15-11-6-12-13(17-9-16-12)7-14(11)18-8-10-4-2-1-3-5-10/h1-7,9H,8H2,(H,16,17). The molecule has 0 fully saturated rings. The van der Waals surface area contributed by atoms with Crippen molar-refractivity contribution in [3.63, 3.8) is 0 Å². The second-order valence-electron chi connectivity index (χ2n) is 3.98. The van der Waals surface area contributed by atoms with Gasteiger partial charge in [0.2, 0.25) is 0 Å². The number of aromatic amines is 1. The van der Waals surface area contributed by atoms with Crippen LogP contribution >= 0.6 is 23.4 Å². The lowest BCUT2D eigenvalue weighted by atomic mass is 10.2. The van der Waals surface area contributed by atoms with Crippen molar-refractivity contribution >= 4 is 34.4 Å². The Hall–Kier alpha value is -1.45. The number of nitrogens with one attached hydrogen (secondary N) is 1. The number of H-pyrrole nitrogens is 1. The van der Waals surface area contributed by atoms with Crippen LogP contribution in [-0.2, 0) is 5.75 Å². The van der Waals surface area contributed by atoms with Crippen molar-refractivity contribution < 1.29 is 0 Å². The van der Waals surface area contributed by atoms with Gasteiger partial charge in [-0.05, 0) is 17.7 Å². The summed E-state index contributed by atoms with van der Waals surface area (Å²) in [5, 5.41) is 0.771. The van der Waals surface area contributed by atoms with Crippen LogP contribution in [-0.4, -0.2) is 9.97 Å². The molecule has 3 rings (SSSR count). The van der Waals surface area contributed by atoms with Crippen molar-refractivity contribution in [3.05, 3.63) is 59.4 Å². The van der Waals surface area contributed by atoms with Gasteiger partial charge in [-0.1, -0.05) is 41.9 Å². The van der Waals surface area contributed by atoms with Crippen molar-refractivity contribution in [3.8, 4) is 0 Å². The van der Waals surface area contributed by atoms with Crippen LogP contribution in [0.2, 0.25) is 5.02 Å². The molecular formula is C14H11ClN2S. The number of benzene rings is 2. The van der Waals surface area contributed by atoms with E-state index in [0.29, 0.717) is 0 Å². The molecule has 3 aromatic rings. The molecule has 0 aliphatic rings. The lowest BCUT2D eigenvalue weighted by Crippen LogP contribution is -1.81. The zero-order chi connectivity index (χ0) is 12.4. The number of nitrogens with zero attached hydrogens (tertiary/aromatic N) is 1. The van der Waals surface area contributed by atoms with Gasteiger partial charge in [0.1, 0.15) is 0 Å². The molecule has 4 heteroatoms. The Labute approximate surface area is 114 Å². The molecule has 90 valence electrons. The number of fused-ring (bicyclic) bond motifs is 1. The van der Waals surface area contributed by atoms with Gasteiger partial charge in [-0.15, -0.1) is 11.8 Å². The first-order valence-corrected chi connectivity index (χ1v) is 6.98. The van der Waals surface area contributed by atoms with E-state index in [-0.39, 0.29) is 0 Å². The van der Waals surface area contributed by atoms with Gasteiger partial charge in [0, 0.05) is 10.6 Å². The van der Waals surface area contributed by atoms with Crippen LogP contribution in [0.15, 0.2) is 53.7 Å². The first-order chi connectivity index (χ1) is 8.83. The summed E-state index contributed by atoms with van der Waals surface area (Å²) in [5.41, 5.74) is 3.22. The van der Waals surface area contributed by atoms with Gasteiger partial charge in [0.15, 0.2) is 0 Å². The summed E-state index contributed by atoms with van der Waals surface area (Å²) in [5.74, 6) is 0.913. The van der Waals surface area contributed by atoms with Crippen molar-refractivity contribution in [1.29, 1.82) is 0 Å². The van der Waals surface area contributed by atoms with E-state index in [1.54, 1.807) is 18.1 Å². The fraction of sp³-hybridized carbons (Fsp3) is 0.0714. The molecule has 0 saturated carbocycles. The Morgan fingerprint density at radius 2 is 2.00 bits per heavy atom.